The van der Waals surface area contributed by atoms with E-state index in [9.17, 15) is 14.7 Å². The minimum atomic E-state index is -0.849. The molecule has 1 unspecified atom stereocenters. The Kier molecular flexibility index (Phi) is 7.41. The summed E-state index contributed by atoms with van der Waals surface area (Å²) in [7, 11) is 1.55. The number of ketones is 1. The molecule has 0 radical (unpaired) electrons. The number of amides is 1. The lowest BCUT2D eigenvalue weighted by molar-refractivity contribution is -0.132. The highest BCUT2D eigenvalue weighted by atomic mass is 16.5. The number of rotatable bonds is 9. The minimum Gasteiger partial charge on any atom is -0.507 e. The number of hydrogen-bond donors (Lipinski definition) is 2. The number of carbonyl (C=O) groups is 2. The van der Waals surface area contributed by atoms with E-state index in [1.807, 2.05) is 31.2 Å². The second-order valence-corrected chi connectivity index (χ2v) is 9.66. The van der Waals surface area contributed by atoms with Crippen LogP contribution < -0.4 is 14.4 Å². The van der Waals surface area contributed by atoms with E-state index < -0.39 is 17.7 Å². The number of fused-ring (bicyclic) bond motifs is 1. The maximum absolute atomic E-state index is 13.6. The first-order chi connectivity index (χ1) is 18.9. The van der Waals surface area contributed by atoms with Crippen molar-refractivity contribution in [2.75, 3.05) is 18.6 Å². The third kappa shape index (κ3) is 4.88. The van der Waals surface area contributed by atoms with Gasteiger partial charge in [-0.1, -0.05) is 44.0 Å². The summed E-state index contributed by atoms with van der Waals surface area (Å²) in [5, 5.41) is 12.4. The molecule has 0 saturated carbocycles. The molecular weight excluding hydrogens is 492 g/mol. The van der Waals surface area contributed by atoms with Crippen LogP contribution in [-0.2, 0) is 9.59 Å². The van der Waals surface area contributed by atoms with E-state index in [0.29, 0.717) is 29.4 Å². The third-order valence-electron chi connectivity index (χ3n) is 7.14. The summed E-state index contributed by atoms with van der Waals surface area (Å²) in [4.78, 5) is 32.0. The highest BCUT2D eigenvalue weighted by molar-refractivity contribution is 6.52. The van der Waals surface area contributed by atoms with Crippen LogP contribution in [0.2, 0.25) is 0 Å². The average Bonchev–Trinajstić information content (AvgIpc) is 3.42. The Hall–Kier alpha value is -4.52. The molecule has 39 heavy (non-hydrogen) atoms. The number of methoxy groups -OCH3 is 1. The third-order valence-corrected chi connectivity index (χ3v) is 7.14. The number of Topliss-reactive ketones (excluding diaryl/α,β-unsaturated/α-hetero) is 1. The van der Waals surface area contributed by atoms with Crippen molar-refractivity contribution in [1.29, 1.82) is 0 Å². The van der Waals surface area contributed by atoms with Gasteiger partial charge in [-0.05, 0) is 55.8 Å². The standard InChI is InChI=1S/C32H32N2O5/c1-4-5-8-18-39-23-16-14-21(15-17-23)30(35)28-29(27-20(2)33-26-13-7-6-12-25(26)27)34(32(37)31(28)36)22-10-9-11-24(19-22)38-3/h6-7,9-17,19,29,33,35H,4-5,8,18H2,1-3H3/b30-28+. The SMILES string of the molecule is CCCCCOc1ccc(/C(O)=C2\C(=O)C(=O)N(c3cccc(OC)c3)C2c2c(C)[nH]c3ccccc23)cc1. The largest absolute Gasteiger partial charge is 0.507 e. The number of H-pyrrole nitrogens is 1. The molecule has 1 aliphatic rings. The average molecular weight is 525 g/mol. The molecule has 2 N–H and O–H groups in total. The van der Waals surface area contributed by atoms with E-state index in [1.165, 1.54) is 4.90 Å². The Labute approximate surface area is 227 Å². The molecule has 0 spiro atoms. The Morgan fingerprint density at radius 1 is 0.974 bits per heavy atom. The number of nitrogens with one attached hydrogen (secondary N) is 1. The Morgan fingerprint density at radius 2 is 1.74 bits per heavy atom. The van der Waals surface area contributed by atoms with Crippen LogP contribution in [-0.4, -0.2) is 35.5 Å². The molecule has 1 amide bonds. The van der Waals surface area contributed by atoms with Crippen LogP contribution in [0.15, 0.2) is 78.4 Å². The molecule has 1 aromatic heterocycles. The molecule has 1 atom stereocenters. The number of anilines is 1. The summed E-state index contributed by atoms with van der Waals surface area (Å²) >= 11 is 0. The Balaban J connectivity index is 1.64. The molecule has 1 fully saturated rings. The fourth-order valence-electron chi connectivity index (χ4n) is 5.19. The van der Waals surface area contributed by atoms with Gasteiger partial charge < -0.3 is 19.6 Å². The second kappa shape index (κ2) is 11.1. The lowest BCUT2D eigenvalue weighted by atomic mass is 9.93. The van der Waals surface area contributed by atoms with Crippen molar-refractivity contribution in [2.45, 2.75) is 39.2 Å². The summed E-state index contributed by atoms with van der Waals surface area (Å²) < 4.78 is 11.2. The quantitative estimate of drug-likeness (QED) is 0.110. The molecule has 0 bridgehead atoms. The van der Waals surface area contributed by atoms with Gasteiger partial charge in [0, 0.05) is 39.5 Å². The summed E-state index contributed by atoms with van der Waals surface area (Å²) in [6, 6.07) is 20.9. The molecule has 4 aromatic rings. The summed E-state index contributed by atoms with van der Waals surface area (Å²) in [5.41, 5.74) is 3.41. The van der Waals surface area contributed by atoms with Crippen molar-refractivity contribution < 1.29 is 24.2 Å². The first-order valence-corrected chi connectivity index (χ1v) is 13.2. The van der Waals surface area contributed by atoms with Crippen LogP contribution in [0, 0.1) is 6.92 Å². The predicted octanol–water partition coefficient (Wildman–Crippen LogP) is 6.68. The number of nitrogens with zero attached hydrogens (tertiary/aromatic N) is 1. The van der Waals surface area contributed by atoms with Crippen molar-refractivity contribution in [3.05, 3.63) is 95.2 Å². The van der Waals surface area contributed by atoms with E-state index in [0.717, 1.165) is 41.4 Å². The molecule has 7 nitrogen and oxygen atoms in total. The number of unbranched alkanes of at least 4 members (excludes halogenated alkanes) is 2. The minimum absolute atomic E-state index is 0.0345. The number of aliphatic hydroxyl groups excluding tert-OH is 1. The molecule has 7 heteroatoms. The van der Waals surface area contributed by atoms with Gasteiger partial charge in [-0.25, -0.2) is 0 Å². The molecule has 5 rings (SSSR count). The number of aromatic nitrogens is 1. The topological polar surface area (TPSA) is 91.9 Å². The summed E-state index contributed by atoms with van der Waals surface area (Å²) in [6.07, 6.45) is 3.18. The number of aromatic amines is 1. The highest BCUT2D eigenvalue weighted by Gasteiger charge is 2.48. The van der Waals surface area contributed by atoms with Crippen LogP contribution in [0.4, 0.5) is 5.69 Å². The van der Waals surface area contributed by atoms with Crippen LogP contribution in [0.25, 0.3) is 16.7 Å². The van der Waals surface area contributed by atoms with Gasteiger partial charge >= 0.3 is 0 Å². The van der Waals surface area contributed by atoms with Crippen molar-refractivity contribution >= 4 is 34.0 Å². The van der Waals surface area contributed by atoms with E-state index in [-0.39, 0.29) is 11.3 Å². The summed E-state index contributed by atoms with van der Waals surface area (Å²) in [6.45, 7) is 4.66. The van der Waals surface area contributed by atoms with Gasteiger partial charge in [0.1, 0.15) is 17.3 Å². The lowest BCUT2D eigenvalue weighted by Gasteiger charge is -2.26. The van der Waals surface area contributed by atoms with Crippen molar-refractivity contribution in [1.82, 2.24) is 4.98 Å². The number of aliphatic hydroxyl groups is 1. The first-order valence-electron chi connectivity index (χ1n) is 13.2. The zero-order valence-corrected chi connectivity index (χ0v) is 22.4. The molecule has 1 aliphatic heterocycles. The normalized spacial score (nSPS) is 16.7. The van der Waals surface area contributed by atoms with Gasteiger partial charge in [0.2, 0.25) is 0 Å². The predicted molar refractivity (Wildman–Crippen MR) is 152 cm³/mol. The zero-order valence-electron chi connectivity index (χ0n) is 22.4. The Morgan fingerprint density at radius 3 is 2.49 bits per heavy atom. The first kappa shape index (κ1) is 26.1. The van der Waals surface area contributed by atoms with Crippen molar-refractivity contribution in [3.63, 3.8) is 0 Å². The van der Waals surface area contributed by atoms with E-state index in [2.05, 4.69) is 11.9 Å². The van der Waals surface area contributed by atoms with Crippen LogP contribution in [0.3, 0.4) is 0 Å². The van der Waals surface area contributed by atoms with Crippen LogP contribution in [0.5, 0.6) is 11.5 Å². The van der Waals surface area contributed by atoms with Gasteiger partial charge in [-0.3, -0.25) is 14.5 Å². The fraction of sp³-hybridized carbons (Fsp3) is 0.250. The summed E-state index contributed by atoms with van der Waals surface area (Å²) in [5.74, 6) is -0.451. The fourth-order valence-corrected chi connectivity index (χ4v) is 5.19. The highest BCUT2D eigenvalue weighted by Crippen LogP contribution is 2.46. The van der Waals surface area contributed by atoms with Crippen LogP contribution >= 0.6 is 0 Å². The number of aryl methyl sites for hydroxylation is 1. The molecule has 0 aliphatic carbocycles. The van der Waals surface area contributed by atoms with Gasteiger partial charge in [0.25, 0.3) is 11.7 Å². The van der Waals surface area contributed by atoms with E-state index in [1.54, 1.807) is 55.6 Å². The monoisotopic (exact) mass is 524 g/mol. The van der Waals surface area contributed by atoms with E-state index >= 15 is 0 Å². The molecule has 200 valence electrons. The maximum Gasteiger partial charge on any atom is 0.300 e. The molecule has 1 saturated heterocycles. The van der Waals surface area contributed by atoms with Gasteiger partial charge in [0.15, 0.2) is 0 Å². The van der Waals surface area contributed by atoms with Crippen molar-refractivity contribution in [2.24, 2.45) is 0 Å². The van der Waals surface area contributed by atoms with Gasteiger partial charge in [0.05, 0.1) is 25.3 Å². The van der Waals surface area contributed by atoms with Crippen LogP contribution in [0.1, 0.15) is 49.0 Å². The maximum atomic E-state index is 13.6. The number of benzene rings is 3. The van der Waals surface area contributed by atoms with Gasteiger partial charge in [-0.2, -0.15) is 0 Å². The zero-order chi connectivity index (χ0) is 27.5. The molecule has 3 aromatic carbocycles. The number of carbonyl (C=O) groups excluding carboxylic acids is 2. The Bertz CT molecular complexity index is 1550. The number of ether oxygens (including phenoxy) is 2. The lowest BCUT2D eigenvalue weighted by Crippen LogP contribution is -2.29. The second-order valence-electron chi connectivity index (χ2n) is 9.66. The van der Waals surface area contributed by atoms with Crippen molar-refractivity contribution in [3.8, 4) is 11.5 Å². The number of hydrogen-bond acceptors (Lipinski definition) is 5. The number of para-hydroxylation sites is 1. The van der Waals surface area contributed by atoms with E-state index in [4.69, 9.17) is 9.47 Å². The smallest absolute Gasteiger partial charge is 0.300 e. The molecule has 2 heterocycles. The molecular formula is C32H32N2O5. The van der Waals surface area contributed by atoms with Gasteiger partial charge in [-0.15, -0.1) is 0 Å².